The van der Waals surface area contributed by atoms with Crippen LogP contribution in [-0.4, -0.2) is 52.7 Å². The first-order chi connectivity index (χ1) is 14.1. The molecule has 5 atom stereocenters. The highest BCUT2D eigenvalue weighted by Gasteiger charge is 2.47. The van der Waals surface area contributed by atoms with Crippen molar-refractivity contribution in [2.45, 2.75) is 89.9 Å². The summed E-state index contributed by atoms with van der Waals surface area (Å²) in [6.45, 7) is 9.75. The fraction of sp³-hybridized carbons (Fsp3) is 0.720. The number of amides is 1. The first-order valence-corrected chi connectivity index (χ1v) is 11.6. The molecule has 1 aromatic carbocycles. The number of nitrogens with zero attached hydrogens (tertiary/aromatic N) is 1. The van der Waals surface area contributed by atoms with Crippen LogP contribution in [0.25, 0.3) is 0 Å². The molecule has 0 unspecified atom stereocenters. The van der Waals surface area contributed by atoms with E-state index >= 15 is 0 Å². The summed E-state index contributed by atoms with van der Waals surface area (Å²) in [5, 5.41) is 14.1. The van der Waals surface area contributed by atoms with E-state index in [0.29, 0.717) is 18.9 Å². The molecule has 0 aromatic heterocycles. The molecule has 0 radical (unpaired) electrons. The minimum Gasteiger partial charge on any atom is -0.390 e. The molecule has 0 bridgehead atoms. The van der Waals surface area contributed by atoms with Crippen LogP contribution >= 0.6 is 0 Å². The molecule has 0 spiro atoms. The zero-order valence-corrected chi connectivity index (χ0v) is 19.2. The van der Waals surface area contributed by atoms with Gasteiger partial charge in [0.15, 0.2) is 0 Å². The van der Waals surface area contributed by atoms with Crippen molar-refractivity contribution < 1.29 is 9.90 Å². The van der Waals surface area contributed by atoms with Crippen molar-refractivity contribution in [3.63, 3.8) is 0 Å². The maximum absolute atomic E-state index is 13.2. The minimum atomic E-state index is -0.664. The first-order valence-electron chi connectivity index (χ1n) is 11.6. The number of carbonyl (C=O) groups is 1. The third-order valence-corrected chi connectivity index (χ3v) is 7.12. The van der Waals surface area contributed by atoms with Crippen LogP contribution in [-0.2, 0) is 11.2 Å². The first kappa shape index (κ1) is 23.2. The number of rotatable bonds is 6. The topological polar surface area (TPSA) is 78.6 Å². The van der Waals surface area contributed by atoms with Gasteiger partial charge in [-0.25, -0.2) is 0 Å². The summed E-state index contributed by atoms with van der Waals surface area (Å²) in [6.07, 6.45) is 5.76. The number of nitrogens with one attached hydrogen (secondary N) is 1. The van der Waals surface area contributed by atoms with Gasteiger partial charge in [-0.1, -0.05) is 50.1 Å². The lowest BCUT2D eigenvalue weighted by atomic mass is 9.62. The second-order valence-corrected chi connectivity index (χ2v) is 10.9. The molecule has 5 nitrogen and oxygen atoms in total. The van der Waals surface area contributed by atoms with Gasteiger partial charge in [0, 0.05) is 24.7 Å². The molecule has 2 fully saturated rings. The molecular formula is C25H41N3O2. The van der Waals surface area contributed by atoms with Crippen molar-refractivity contribution in [2.75, 3.05) is 13.1 Å². The van der Waals surface area contributed by atoms with E-state index in [1.807, 2.05) is 51.1 Å². The van der Waals surface area contributed by atoms with Gasteiger partial charge < -0.3 is 16.2 Å². The Morgan fingerprint density at radius 2 is 2.00 bits per heavy atom. The molecule has 1 heterocycles. The number of likely N-dealkylation sites (tertiary alicyclic amines) is 1. The van der Waals surface area contributed by atoms with Gasteiger partial charge in [0.25, 0.3) is 0 Å². The summed E-state index contributed by atoms with van der Waals surface area (Å²) in [7, 11) is 0. The smallest absolute Gasteiger partial charge is 0.237 e. The average Bonchev–Trinajstić information content (AvgIpc) is 2.67. The molecule has 168 valence electrons. The molecule has 4 N–H and O–H groups in total. The van der Waals surface area contributed by atoms with Crippen LogP contribution in [0.2, 0.25) is 0 Å². The van der Waals surface area contributed by atoms with Gasteiger partial charge >= 0.3 is 0 Å². The zero-order valence-electron chi connectivity index (χ0n) is 19.2. The Labute approximate surface area is 182 Å². The number of carbonyl (C=O) groups excluding carboxylic acids is 1. The highest BCUT2D eigenvalue weighted by Crippen LogP contribution is 2.48. The minimum absolute atomic E-state index is 0.0802. The lowest BCUT2D eigenvalue weighted by Crippen LogP contribution is -2.61. The normalized spacial score (nSPS) is 29.7. The molecule has 2 aliphatic rings. The molecule has 5 heteroatoms. The summed E-state index contributed by atoms with van der Waals surface area (Å²) < 4.78 is 0. The van der Waals surface area contributed by atoms with Gasteiger partial charge in [-0.05, 0) is 63.4 Å². The standard InChI is InChI=1S/C25H41N3O2/c1-24(2,3)27-23(30)21-15-25(4)13-9-8-12-19(25)16-28(21)17-22(29)20(26)14-18-10-6-5-7-11-18/h5-7,10-11,19-22,29H,8-9,12-17,26H2,1-4H3,(H,27,30)/t19-,20+,21+,22-,25+/m1/s1. The predicted octanol–water partition coefficient (Wildman–Crippen LogP) is 3.10. The quantitative estimate of drug-likeness (QED) is 0.667. The molecule has 1 amide bonds. The number of benzene rings is 1. The van der Waals surface area contributed by atoms with Crippen LogP contribution in [0.3, 0.4) is 0 Å². The maximum atomic E-state index is 13.2. The lowest BCUT2D eigenvalue weighted by molar-refractivity contribution is -0.136. The number of aliphatic hydroxyl groups is 1. The fourth-order valence-electron chi connectivity index (χ4n) is 5.34. The third-order valence-electron chi connectivity index (χ3n) is 7.12. The Hall–Kier alpha value is -1.43. The molecular weight excluding hydrogens is 374 g/mol. The molecule has 3 rings (SSSR count). The van der Waals surface area contributed by atoms with Crippen LogP contribution in [0.5, 0.6) is 0 Å². The molecule has 30 heavy (non-hydrogen) atoms. The van der Waals surface area contributed by atoms with E-state index in [4.69, 9.17) is 5.73 Å². The Kier molecular flexibility index (Phi) is 7.26. The van der Waals surface area contributed by atoms with Gasteiger partial charge in [0.05, 0.1) is 12.1 Å². The van der Waals surface area contributed by atoms with Crippen LogP contribution in [0.15, 0.2) is 30.3 Å². The predicted molar refractivity (Wildman–Crippen MR) is 122 cm³/mol. The third kappa shape index (κ3) is 5.83. The summed E-state index contributed by atoms with van der Waals surface area (Å²) in [6, 6.07) is 9.51. The highest BCUT2D eigenvalue weighted by molar-refractivity contribution is 5.82. The van der Waals surface area contributed by atoms with E-state index in [-0.39, 0.29) is 28.9 Å². The number of hydrogen-bond acceptors (Lipinski definition) is 4. The van der Waals surface area contributed by atoms with Crippen molar-refractivity contribution in [2.24, 2.45) is 17.1 Å². The summed E-state index contributed by atoms with van der Waals surface area (Å²) in [5.41, 5.74) is 7.45. The van der Waals surface area contributed by atoms with Gasteiger partial charge in [0.1, 0.15) is 0 Å². The molecule has 1 aromatic rings. The van der Waals surface area contributed by atoms with E-state index in [0.717, 1.165) is 18.5 Å². The average molecular weight is 416 g/mol. The molecule has 1 saturated heterocycles. The number of aliphatic hydroxyl groups excluding tert-OH is 1. The number of piperidine rings is 1. The van der Waals surface area contributed by atoms with E-state index < -0.39 is 6.10 Å². The van der Waals surface area contributed by atoms with Gasteiger partial charge in [-0.3, -0.25) is 9.69 Å². The Morgan fingerprint density at radius 3 is 2.67 bits per heavy atom. The Morgan fingerprint density at radius 1 is 1.30 bits per heavy atom. The summed E-state index contributed by atoms with van der Waals surface area (Å²) in [5.74, 6) is 0.666. The zero-order chi connectivity index (χ0) is 21.9. The molecule has 1 aliphatic heterocycles. The van der Waals surface area contributed by atoms with E-state index in [2.05, 4.69) is 17.1 Å². The highest BCUT2D eigenvalue weighted by atomic mass is 16.3. The monoisotopic (exact) mass is 415 g/mol. The van der Waals surface area contributed by atoms with Crippen molar-refractivity contribution in [1.82, 2.24) is 10.2 Å². The number of fused-ring (bicyclic) bond motifs is 1. The second kappa shape index (κ2) is 9.37. The van der Waals surface area contributed by atoms with E-state index in [9.17, 15) is 9.90 Å². The van der Waals surface area contributed by atoms with Gasteiger partial charge in [-0.2, -0.15) is 0 Å². The van der Waals surface area contributed by atoms with Crippen LogP contribution in [0, 0.1) is 11.3 Å². The van der Waals surface area contributed by atoms with Crippen molar-refractivity contribution in [3.8, 4) is 0 Å². The lowest BCUT2D eigenvalue weighted by Gasteiger charge is -2.52. The molecule has 1 saturated carbocycles. The SMILES string of the molecule is CC(C)(C)NC(=O)[C@@H]1C[C@]2(C)CCCC[C@@H]2CN1C[C@@H](O)[C@@H](N)Cc1ccccc1. The van der Waals surface area contributed by atoms with Gasteiger partial charge in [-0.15, -0.1) is 0 Å². The molecule has 1 aliphatic carbocycles. The van der Waals surface area contributed by atoms with E-state index in [1.165, 1.54) is 25.7 Å². The Bertz CT molecular complexity index is 702. The number of β-amino-alcohol motifs (C(OH)–C–C–N with tert-alkyl or cyclic N) is 1. The fourth-order valence-corrected chi connectivity index (χ4v) is 5.34. The van der Waals surface area contributed by atoms with E-state index in [1.54, 1.807) is 0 Å². The van der Waals surface area contributed by atoms with Crippen molar-refractivity contribution >= 4 is 5.91 Å². The summed E-state index contributed by atoms with van der Waals surface area (Å²) in [4.78, 5) is 15.4. The van der Waals surface area contributed by atoms with Crippen LogP contribution < -0.4 is 11.1 Å². The van der Waals surface area contributed by atoms with Crippen molar-refractivity contribution in [3.05, 3.63) is 35.9 Å². The largest absolute Gasteiger partial charge is 0.390 e. The second-order valence-electron chi connectivity index (χ2n) is 10.9. The van der Waals surface area contributed by atoms with Crippen LogP contribution in [0.1, 0.15) is 65.4 Å². The van der Waals surface area contributed by atoms with Gasteiger partial charge in [0.2, 0.25) is 5.91 Å². The Balaban J connectivity index is 1.72. The maximum Gasteiger partial charge on any atom is 0.237 e. The van der Waals surface area contributed by atoms with Crippen molar-refractivity contribution in [1.29, 1.82) is 0 Å². The summed E-state index contributed by atoms with van der Waals surface area (Å²) >= 11 is 0. The van der Waals surface area contributed by atoms with Crippen LogP contribution in [0.4, 0.5) is 0 Å². The number of nitrogens with two attached hydrogens (primary N) is 1. The number of hydrogen-bond donors (Lipinski definition) is 3.